The Labute approximate surface area is 95.5 Å². The van der Waals surface area contributed by atoms with Crippen molar-refractivity contribution in [2.45, 2.75) is 6.42 Å². The van der Waals surface area contributed by atoms with Gasteiger partial charge in [-0.2, -0.15) is 0 Å². The molecule has 0 bridgehead atoms. The van der Waals surface area contributed by atoms with Gasteiger partial charge in [-0.3, -0.25) is 0 Å². The lowest BCUT2D eigenvalue weighted by Gasteiger charge is -2.32. The maximum atomic E-state index is 5.24. The van der Waals surface area contributed by atoms with E-state index in [9.17, 15) is 0 Å². The molecule has 3 heteroatoms. The van der Waals surface area contributed by atoms with Gasteiger partial charge in [0.05, 0.1) is 7.11 Å². The first-order valence-electron chi connectivity index (χ1n) is 5.74. The topological polar surface area (TPSA) is 33.3 Å². The Hall–Kier alpha value is -1.64. The average molecular weight is 216 g/mol. The third-order valence-corrected chi connectivity index (χ3v) is 3.41. The second-order valence-electron chi connectivity index (χ2n) is 4.33. The van der Waals surface area contributed by atoms with Crippen molar-refractivity contribution in [3.63, 3.8) is 0 Å². The smallest absolute Gasteiger partial charge is 0.120 e. The zero-order valence-corrected chi connectivity index (χ0v) is 9.42. The number of hydrogen-bond acceptors (Lipinski definition) is 3. The van der Waals surface area contributed by atoms with Crippen LogP contribution in [0.25, 0.3) is 5.57 Å². The Morgan fingerprint density at radius 2 is 2.31 bits per heavy atom. The highest BCUT2D eigenvalue weighted by atomic mass is 16.5. The number of fused-ring (bicyclic) bond motifs is 3. The molecule has 2 N–H and O–H groups in total. The first-order chi connectivity index (χ1) is 7.88. The third kappa shape index (κ3) is 1.43. The number of methoxy groups -OCH3 is 1. The maximum absolute atomic E-state index is 5.24. The molecule has 0 saturated heterocycles. The summed E-state index contributed by atoms with van der Waals surface area (Å²) in [5.41, 5.74) is 3.93. The Balaban J connectivity index is 2.05. The van der Waals surface area contributed by atoms with E-state index in [2.05, 4.69) is 29.0 Å². The zero-order valence-electron chi connectivity index (χ0n) is 9.42. The summed E-state index contributed by atoms with van der Waals surface area (Å²) in [6, 6.07) is 6.24. The van der Waals surface area contributed by atoms with Gasteiger partial charge < -0.3 is 15.4 Å². The van der Waals surface area contributed by atoms with Crippen LogP contribution >= 0.6 is 0 Å². The molecule has 0 amide bonds. The summed E-state index contributed by atoms with van der Waals surface area (Å²) in [5, 5.41) is 6.82. The van der Waals surface area contributed by atoms with Crippen molar-refractivity contribution in [3.05, 3.63) is 30.0 Å². The molecular formula is C13H16N2O. The molecule has 0 saturated carbocycles. The summed E-state index contributed by atoms with van der Waals surface area (Å²) >= 11 is 0. The van der Waals surface area contributed by atoms with E-state index in [0.29, 0.717) is 5.92 Å². The van der Waals surface area contributed by atoms with E-state index in [4.69, 9.17) is 4.74 Å². The number of benzene rings is 1. The molecule has 0 spiro atoms. The van der Waals surface area contributed by atoms with Crippen LogP contribution in [0, 0.1) is 5.92 Å². The van der Waals surface area contributed by atoms with Gasteiger partial charge in [-0.1, -0.05) is 0 Å². The van der Waals surface area contributed by atoms with Crippen LogP contribution in [0.3, 0.4) is 0 Å². The van der Waals surface area contributed by atoms with Crippen molar-refractivity contribution in [2.75, 3.05) is 25.5 Å². The molecule has 0 aromatic heterocycles. The van der Waals surface area contributed by atoms with Gasteiger partial charge >= 0.3 is 0 Å². The number of anilines is 1. The van der Waals surface area contributed by atoms with Gasteiger partial charge in [0, 0.05) is 42.5 Å². The van der Waals surface area contributed by atoms with Gasteiger partial charge in [0.1, 0.15) is 5.75 Å². The second-order valence-corrected chi connectivity index (χ2v) is 4.33. The van der Waals surface area contributed by atoms with E-state index in [1.807, 2.05) is 6.07 Å². The first-order valence-corrected chi connectivity index (χ1v) is 5.74. The molecule has 1 unspecified atom stereocenters. The van der Waals surface area contributed by atoms with Crippen LogP contribution in [-0.4, -0.2) is 20.2 Å². The Morgan fingerprint density at radius 1 is 1.38 bits per heavy atom. The predicted octanol–water partition coefficient (Wildman–Crippen LogP) is 2.07. The fourth-order valence-corrected chi connectivity index (χ4v) is 2.50. The van der Waals surface area contributed by atoms with Crippen molar-refractivity contribution in [1.82, 2.24) is 5.32 Å². The van der Waals surface area contributed by atoms with Crippen molar-refractivity contribution in [3.8, 4) is 5.75 Å². The summed E-state index contributed by atoms with van der Waals surface area (Å²) < 4.78 is 5.24. The number of nitrogens with one attached hydrogen (secondary N) is 2. The molecule has 1 atom stereocenters. The van der Waals surface area contributed by atoms with Crippen LogP contribution in [-0.2, 0) is 0 Å². The van der Waals surface area contributed by atoms with Crippen LogP contribution in [0.1, 0.15) is 12.0 Å². The highest BCUT2D eigenvalue weighted by Crippen LogP contribution is 2.38. The number of ether oxygens (including phenoxy) is 1. The van der Waals surface area contributed by atoms with Gasteiger partial charge in [-0.05, 0) is 24.1 Å². The molecule has 84 valence electrons. The standard InChI is InChI=1S/C13H16N2O/c1-16-10-2-3-11-12-8-14-5-4-9(12)7-15-13(11)6-10/h2-3,6,8-9,14-15H,4-5,7H2,1H3. The van der Waals surface area contributed by atoms with Crippen LogP contribution in [0.5, 0.6) is 5.75 Å². The van der Waals surface area contributed by atoms with E-state index in [1.54, 1.807) is 7.11 Å². The molecular weight excluding hydrogens is 200 g/mol. The molecule has 2 heterocycles. The summed E-state index contributed by atoms with van der Waals surface area (Å²) in [7, 11) is 1.70. The summed E-state index contributed by atoms with van der Waals surface area (Å²) in [6.07, 6.45) is 3.38. The summed E-state index contributed by atoms with van der Waals surface area (Å²) in [5.74, 6) is 1.57. The van der Waals surface area contributed by atoms with E-state index in [-0.39, 0.29) is 0 Å². The van der Waals surface area contributed by atoms with E-state index >= 15 is 0 Å². The zero-order chi connectivity index (χ0) is 11.0. The molecule has 0 aliphatic carbocycles. The fraction of sp³-hybridized carbons (Fsp3) is 0.385. The highest BCUT2D eigenvalue weighted by Gasteiger charge is 2.25. The van der Waals surface area contributed by atoms with Gasteiger partial charge in [0.25, 0.3) is 0 Å². The molecule has 3 nitrogen and oxygen atoms in total. The Morgan fingerprint density at radius 3 is 3.19 bits per heavy atom. The van der Waals surface area contributed by atoms with Crippen molar-refractivity contribution >= 4 is 11.3 Å². The summed E-state index contributed by atoms with van der Waals surface area (Å²) in [6.45, 7) is 2.12. The summed E-state index contributed by atoms with van der Waals surface area (Å²) in [4.78, 5) is 0. The van der Waals surface area contributed by atoms with Crippen LogP contribution < -0.4 is 15.4 Å². The molecule has 0 fully saturated rings. The maximum Gasteiger partial charge on any atom is 0.120 e. The minimum atomic E-state index is 0.655. The minimum absolute atomic E-state index is 0.655. The van der Waals surface area contributed by atoms with Crippen LogP contribution in [0.15, 0.2) is 24.4 Å². The second kappa shape index (κ2) is 3.74. The molecule has 0 radical (unpaired) electrons. The van der Waals surface area contributed by atoms with Gasteiger partial charge in [0.2, 0.25) is 0 Å². The SMILES string of the molecule is COc1ccc2c(c1)NCC1CCNC=C21. The van der Waals surface area contributed by atoms with Gasteiger partial charge in [0.15, 0.2) is 0 Å². The first kappa shape index (κ1) is 9.58. The van der Waals surface area contributed by atoms with Crippen molar-refractivity contribution < 1.29 is 4.74 Å². The predicted molar refractivity (Wildman–Crippen MR) is 65.6 cm³/mol. The van der Waals surface area contributed by atoms with Crippen molar-refractivity contribution in [2.24, 2.45) is 5.92 Å². The minimum Gasteiger partial charge on any atom is -0.497 e. The molecule has 1 aromatic carbocycles. The van der Waals surface area contributed by atoms with Crippen LogP contribution in [0.4, 0.5) is 5.69 Å². The average Bonchev–Trinajstić information content (AvgIpc) is 2.38. The van der Waals surface area contributed by atoms with Crippen molar-refractivity contribution in [1.29, 1.82) is 0 Å². The monoisotopic (exact) mass is 216 g/mol. The lowest BCUT2D eigenvalue weighted by molar-refractivity contribution is 0.415. The molecule has 1 aromatic rings. The Kier molecular flexibility index (Phi) is 2.24. The van der Waals surface area contributed by atoms with E-state index in [0.717, 1.165) is 18.8 Å². The lowest BCUT2D eigenvalue weighted by atomic mass is 9.85. The molecule has 3 rings (SSSR count). The van der Waals surface area contributed by atoms with Gasteiger partial charge in [-0.25, -0.2) is 0 Å². The molecule has 2 aliphatic heterocycles. The molecule has 16 heavy (non-hydrogen) atoms. The normalized spacial score (nSPS) is 22.1. The van der Waals surface area contributed by atoms with E-state index < -0.39 is 0 Å². The lowest BCUT2D eigenvalue weighted by Crippen LogP contribution is -2.29. The Bertz CT molecular complexity index is 440. The van der Waals surface area contributed by atoms with Gasteiger partial charge in [-0.15, -0.1) is 0 Å². The largest absolute Gasteiger partial charge is 0.497 e. The number of hydrogen-bond donors (Lipinski definition) is 2. The number of rotatable bonds is 1. The molecule has 2 aliphatic rings. The van der Waals surface area contributed by atoms with E-state index in [1.165, 1.54) is 23.2 Å². The quantitative estimate of drug-likeness (QED) is 0.754. The highest BCUT2D eigenvalue weighted by molar-refractivity contribution is 5.81. The van der Waals surface area contributed by atoms with Crippen LogP contribution in [0.2, 0.25) is 0 Å². The third-order valence-electron chi connectivity index (χ3n) is 3.41. The fourth-order valence-electron chi connectivity index (χ4n) is 2.50.